The van der Waals surface area contributed by atoms with Crippen molar-refractivity contribution in [2.75, 3.05) is 18.9 Å². The summed E-state index contributed by atoms with van der Waals surface area (Å²) >= 11 is 11.9. The molecule has 2 nitrogen and oxygen atoms in total. The Kier molecular flexibility index (Phi) is 7.45. The van der Waals surface area contributed by atoms with E-state index in [1.165, 1.54) is 0 Å². The summed E-state index contributed by atoms with van der Waals surface area (Å²) in [5.41, 5.74) is 8.28. The Bertz CT molecular complexity index is 525. The fraction of sp³-hybridized carbons (Fsp3) is 0.250. The lowest BCUT2D eigenvalue weighted by molar-refractivity contribution is 0.162. The number of benzene rings is 2. The summed E-state index contributed by atoms with van der Waals surface area (Å²) < 4.78 is 4.83. The van der Waals surface area contributed by atoms with Crippen molar-refractivity contribution in [1.29, 1.82) is 0 Å². The Labute approximate surface area is 130 Å². The molecule has 0 fully saturated rings. The smallest absolute Gasteiger partial charge is 0.0504 e. The first-order valence-electron chi connectivity index (χ1n) is 6.47. The third kappa shape index (κ3) is 5.41. The second-order valence-electron chi connectivity index (χ2n) is 4.03. The second-order valence-corrected chi connectivity index (χ2v) is 4.87. The van der Waals surface area contributed by atoms with Crippen molar-refractivity contribution >= 4 is 28.9 Å². The lowest BCUT2D eigenvalue weighted by Crippen LogP contribution is -1.85. The van der Waals surface area contributed by atoms with Gasteiger partial charge in [-0.25, -0.2) is 0 Å². The molecule has 0 saturated heterocycles. The number of hydrogen-bond acceptors (Lipinski definition) is 2. The minimum absolute atomic E-state index is 0.650. The summed E-state index contributed by atoms with van der Waals surface area (Å²) in [6, 6.07) is 13.0. The van der Waals surface area contributed by atoms with Crippen LogP contribution in [0.3, 0.4) is 0 Å². The third-order valence-corrected chi connectivity index (χ3v) is 3.12. The number of hydrogen-bond donors (Lipinski definition) is 1. The summed E-state index contributed by atoms with van der Waals surface area (Å²) in [6.07, 6.45) is 0. The molecule has 0 atom stereocenters. The fourth-order valence-electron chi connectivity index (χ4n) is 1.60. The van der Waals surface area contributed by atoms with Gasteiger partial charge in [0.1, 0.15) is 0 Å². The van der Waals surface area contributed by atoms with Crippen molar-refractivity contribution in [2.24, 2.45) is 0 Å². The maximum atomic E-state index is 6.09. The number of rotatable bonds is 3. The van der Waals surface area contributed by atoms with Crippen molar-refractivity contribution < 1.29 is 4.74 Å². The van der Waals surface area contributed by atoms with E-state index >= 15 is 0 Å². The van der Waals surface area contributed by atoms with Gasteiger partial charge in [0, 0.05) is 29.5 Å². The number of nitrogen functional groups attached to an aromatic ring is 1. The van der Waals surface area contributed by atoms with Gasteiger partial charge in [-0.1, -0.05) is 41.4 Å². The van der Waals surface area contributed by atoms with Crippen LogP contribution in [0, 0.1) is 0 Å². The molecule has 0 spiro atoms. The average Bonchev–Trinajstić information content (AvgIpc) is 2.42. The summed E-state index contributed by atoms with van der Waals surface area (Å²) in [7, 11) is 0. The highest BCUT2D eigenvalue weighted by Crippen LogP contribution is 2.30. The number of anilines is 1. The summed E-state index contributed by atoms with van der Waals surface area (Å²) in [5, 5.41) is 1.36. The fourth-order valence-corrected chi connectivity index (χ4v) is 2.02. The largest absolute Gasteiger partial charge is 0.399 e. The Hall–Kier alpha value is -1.22. The van der Waals surface area contributed by atoms with Crippen molar-refractivity contribution in [2.45, 2.75) is 13.8 Å². The third-order valence-electron chi connectivity index (χ3n) is 2.56. The topological polar surface area (TPSA) is 35.2 Å². The van der Waals surface area contributed by atoms with Crippen LogP contribution in [-0.2, 0) is 4.74 Å². The molecular weight excluding hydrogens is 293 g/mol. The van der Waals surface area contributed by atoms with Crippen LogP contribution in [0.15, 0.2) is 42.5 Å². The first-order valence-corrected chi connectivity index (χ1v) is 7.22. The van der Waals surface area contributed by atoms with E-state index in [4.69, 9.17) is 33.7 Å². The zero-order valence-electron chi connectivity index (χ0n) is 11.7. The lowest BCUT2D eigenvalue weighted by atomic mass is 10.1. The van der Waals surface area contributed by atoms with Crippen molar-refractivity contribution in [3.05, 3.63) is 52.5 Å². The minimum Gasteiger partial charge on any atom is -0.399 e. The highest BCUT2D eigenvalue weighted by molar-refractivity contribution is 6.33. The molecule has 2 rings (SSSR count). The van der Waals surface area contributed by atoms with E-state index in [9.17, 15) is 0 Å². The maximum Gasteiger partial charge on any atom is 0.0504 e. The van der Waals surface area contributed by atoms with Gasteiger partial charge in [-0.2, -0.15) is 0 Å². The Balaban J connectivity index is 0.000000347. The quantitative estimate of drug-likeness (QED) is 0.782. The summed E-state index contributed by atoms with van der Waals surface area (Å²) in [4.78, 5) is 0. The number of halogens is 2. The molecule has 108 valence electrons. The van der Waals surface area contributed by atoms with E-state index in [0.717, 1.165) is 24.3 Å². The van der Waals surface area contributed by atoms with Gasteiger partial charge in [0.2, 0.25) is 0 Å². The SMILES string of the molecule is CCOCC.Nc1ccc(-c2ccc(Cl)cc2)c(Cl)c1. The predicted molar refractivity (Wildman–Crippen MR) is 88.5 cm³/mol. The van der Waals surface area contributed by atoms with E-state index in [2.05, 4.69) is 0 Å². The molecule has 0 aliphatic rings. The van der Waals surface area contributed by atoms with Gasteiger partial charge < -0.3 is 10.5 Å². The Morgan fingerprint density at radius 2 is 1.55 bits per heavy atom. The molecule has 0 heterocycles. The van der Waals surface area contributed by atoms with Crippen LogP contribution in [0.2, 0.25) is 10.0 Å². The Morgan fingerprint density at radius 1 is 0.950 bits per heavy atom. The highest BCUT2D eigenvalue weighted by atomic mass is 35.5. The zero-order chi connectivity index (χ0) is 15.0. The standard InChI is InChI=1S/C12H9Cl2N.C4H10O/c13-9-3-1-8(2-4-9)11-6-5-10(15)7-12(11)14;1-3-5-4-2/h1-7H,15H2;3-4H2,1-2H3. The van der Waals surface area contributed by atoms with E-state index < -0.39 is 0 Å². The molecule has 0 unspecified atom stereocenters. The molecule has 2 N–H and O–H groups in total. The van der Waals surface area contributed by atoms with Crippen LogP contribution in [0.1, 0.15) is 13.8 Å². The van der Waals surface area contributed by atoms with Crippen LogP contribution < -0.4 is 5.73 Å². The van der Waals surface area contributed by atoms with Crippen molar-refractivity contribution in [3.8, 4) is 11.1 Å². The van der Waals surface area contributed by atoms with Crippen molar-refractivity contribution in [3.63, 3.8) is 0 Å². The molecule has 0 radical (unpaired) electrons. The highest BCUT2D eigenvalue weighted by Gasteiger charge is 2.03. The molecule has 2 aromatic rings. The van der Waals surface area contributed by atoms with Gasteiger partial charge in [-0.05, 0) is 43.7 Å². The minimum atomic E-state index is 0.650. The van der Waals surface area contributed by atoms with Gasteiger partial charge in [-0.3, -0.25) is 0 Å². The molecular formula is C16H19Cl2NO. The number of nitrogens with two attached hydrogens (primary N) is 1. The van der Waals surface area contributed by atoms with Crippen molar-refractivity contribution in [1.82, 2.24) is 0 Å². The van der Waals surface area contributed by atoms with Crippen LogP contribution in [0.4, 0.5) is 5.69 Å². The maximum absolute atomic E-state index is 6.09. The summed E-state index contributed by atoms with van der Waals surface area (Å²) in [6.45, 7) is 5.67. The van der Waals surface area contributed by atoms with E-state index in [-0.39, 0.29) is 0 Å². The van der Waals surface area contributed by atoms with E-state index in [1.54, 1.807) is 6.07 Å². The molecule has 0 aliphatic carbocycles. The molecule has 4 heteroatoms. The molecule has 0 saturated carbocycles. The molecule has 0 aliphatic heterocycles. The monoisotopic (exact) mass is 311 g/mol. The van der Waals surface area contributed by atoms with Gasteiger partial charge in [0.25, 0.3) is 0 Å². The molecule has 20 heavy (non-hydrogen) atoms. The molecule has 0 amide bonds. The van der Waals surface area contributed by atoms with Gasteiger partial charge in [-0.15, -0.1) is 0 Å². The molecule has 0 bridgehead atoms. The summed E-state index contributed by atoms with van der Waals surface area (Å²) in [5.74, 6) is 0. The second kappa shape index (κ2) is 8.85. The van der Waals surface area contributed by atoms with Gasteiger partial charge in [0.15, 0.2) is 0 Å². The molecule has 0 aromatic heterocycles. The first-order chi connectivity index (χ1) is 9.58. The normalized spacial score (nSPS) is 9.80. The van der Waals surface area contributed by atoms with Crippen LogP contribution in [0.25, 0.3) is 11.1 Å². The average molecular weight is 312 g/mol. The Morgan fingerprint density at radius 3 is 2.00 bits per heavy atom. The van der Waals surface area contributed by atoms with Gasteiger partial charge >= 0.3 is 0 Å². The van der Waals surface area contributed by atoms with E-state index in [1.807, 2.05) is 50.2 Å². The van der Waals surface area contributed by atoms with E-state index in [0.29, 0.717) is 15.7 Å². The first kappa shape index (κ1) is 16.8. The van der Waals surface area contributed by atoms with Gasteiger partial charge in [0.05, 0.1) is 5.02 Å². The van der Waals surface area contributed by atoms with Crippen LogP contribution >= 0.6 is 23.2 Å². The number of ether oxygens (including phenoxy) is 1. The van der Waals surface area contributed by atoms with Crippen LogP contribution in [-0.4, -0.2) is 13.2 Å². The lowest BCUT2D eigenvalue weighted by Gasteiger charge is -2.05. The zero-order valence-corrected chi connectivity index (χ0v) is 13.2. The predicted octanol–water partition coefficient (Wildman–Crippen LogP) is 5.29. The van der Waals surface area contributed by atoms with Crippen LogP contribution in [0.5, 0.6) is 0 Å². The molecule has 2 aromatic carbocycles.